The van der Waals surface area contributed by atoms with Crippen LogP contribution in [-0.2, 0) is 12.8 Å². The molecule has 0 aliphatic heterocycles. The van der Waals surface area contributed by atoms with E-state index in [0.29, 0.717) is 22.0 Å². The summed E-state index contributed by atoms with van der Waals surface area (Å²) in [6, 6.07) is 8.92. The number of halogens is 2. The van der Waals surface area contributed by atoms with E-state index in [9.17, 15) is 4.79 Å². The molecule has 0 atom stereocenters. The van der Waals surface area contributed by atoms with E-state index in [2.05, 4.69) is 15.3 Å². The van der Waals surface area contributed by atoms with E-state index in [1.54, 1.807) is 47.1 Å². The molecule has 0 aliphatic rings. The lowest BCUT2D eigenvalue weighted by molar-refractivity contribution is 0.0992. The molecule has 1 aromatic carbocycles. The van der Waals surface area contributed by atoms with Crippen molar-refractivity contribution in [1.29, 1.82) is 0 Å². The lowest BCUT2D eigenvalue weighted by atomic mass is 10.0. The first kappa shape index (κ1) is 21.1. The van der Waals surface area contributed by atoms with Gasteiger partial charge in [0.05, 0.1) is 36.3 Å². The highest BCUT2D eigenvalue weighted by atomic mass is 35.5. The summed E-state index contributed by atoms with van der Waals surface area (Å²) in [5.41, 5.74) is 4.24. The van der Waals surface area contributed by atoms with Gasteiger partial charge in [-0.1, -0.05) is 29.3 Å². The summed E-state index contributed by atoms with van der Waals surface area (Å²) in [6.45, 7) is 4.01. The van der Waals surface area contributed by atoms with Crippen molar-refractivity contribution in [3.8, 4) is 10.6 Å². The Bertz CT molecular complexity index is 1220. The SMILES string of the molecule is Cc1nc(C)c(-c2csc(Cc3ccc(C(=O)Cc4ccc(Cl)c(Cl)c4)cn3)n2)s1. The molecule has 0 saturated carbocycles. The molecular formula is C22H17Cl2N3OS2. The van der Waals surface area contributed by atoms with Crippen molar-refractivity contribution < 1.29 is 4.79 Å². The number of benzene rings is 1. The number of Topliss-reactive ketones (excluding diaryl/α,β-unsaturated/α-hetero) is 1. The Morgan fingerprint density at radius 1 is 1.07 bits per heavy atom. The fourth-order valence-electron chi connectivity index (χ4n) is 3.05. The van der Waals surface area contributed by atoms with Gasteiger partial charge >= 0.3 is 0 Å². The highest BCUT2D eigenvalue weighted by Gasteiger charge is 2.13. The molecule has 0 radical (unpaired) electrons. The second-order valence-electron chi connectivity index (χ2n) is 6.84. The summed E-state index contributed by atoms with van der Waals surface area (Å²) in [5, 5.41) is 5.01. The van der Waals surface area contributed by atoms with Gasteiger partial charge in [0.1, 0.15) is 0 Å². The Balaban J connectivity index is 1.43. The van der Waals surface area contributed by atoms with Gasteiger partial charge < -0.3 is 0 Å². The van der Waals surface area contributed by atoms with Crippen LogP contribution in [0.5, 0.6) is 0 Å². The lowest BCUT2D eigenvalue weighted by Gasteiger charge is -2.04. The van der Waals surface area contributed by atoms with E-state index in [0.717, 1.165) is 37.5 Å². The van der Waals surface area contributed by atoms with Crippen molar-refractivity contribution in [2.75, 3.05) is 0 Å². The third-order valence-corrected chi connectivity index (χ3v) is 7.20. The molecule has 0 unspecified atom stereocenters. The van der Waals surface area contributed by atoms with Crippen LogP contribution in [0.15, 0.2) is 41.9 Å². The Kier molecular flexibility index (Phi) is 6.29. The quantitative estimate of drug-likeness (QED) is 0.296. The summed E-state index contributed by atoms with van der Waals surface area (Å²) in [5.74, 6) is -0.0139. The van der Waals surface area contributed by atoms with E-state index in [4.69, 9.17) is 28.2 Å². The molecule has 4 aromatic rings. The van der Waals surface area contributed by atoms with Crippen LogP contribution in [0, 0.1) is 13.8 Å². The number of hydrogen-bond acceptors (Lipinski definition) is 6. The van der Waals surface area contributed by atoms with Crippen molar-refractivity contribution in [2.24, 2.45) is 0 Å². The fourth-order valence-corrected chi connectivity index (χ4v) is 5.13. The largest absolute Gasteiger partial charge is 0.294 e. The molecule has 0 saturated heterocycles. The van der Waals surface area contributed by atoms with Gasteiger partial charge in [-0.15, -0.1) is 22.7 Å². The topological polar surface area (TPSA) is 55.7 Å². The maximum absolute atomic E-state index is 12.5. The summed E-state index contributed by atoms with van der Waals surface area (Å²) in [4.78, 5) is 27.3. The Morgan fingerprint density at radius 3 is 2.57 bits per heavy atom. The average molecular weight is 474 g/mol. The number of hydrogen-bond donors (Lipinski definition) is 0. The number of aromatic nitrogens is 3. The smallest absolute Gasteiger partial charge is 0.168 e. The number of aryl methyl sites for hydroxylation is 2. The van der Waals surface area contributed by atoms with Gasteiger partial charge in [-0.25, -0.2) is 9.97 Å². The Labute approximate surface area is 192 Å². The molecule has 3 aromatic heterocycles. The number of pyridine rings is 1. The minimum atomic E-state index is -0.0139. The number of nitrogens with zero attached hydrogens (tertiary/aromatic N) is 3. The highest BCUT2D eigenvalue weighted by molar-refractivity contribution is 7.16. The second kappa shape index (κ2) is 8.94. The van der Waals surface area contributed by atoms with Gasteiger partial charge in [0.25, 0.3) is 0 Å². The van der Waals surface area contributed by atoms with Crippen molar-refractivity contribution in [3.63, 3.8) is 0 Å². The van der Waals surface area contributed by atoms with Gasteiger partial charge in [0.2, 0.25) is 0 Å². The molecule has 0 bridgehead atoms. The van der Waals surface area contributed by atoms with Gasteiger partial charge in [-0.3, -0.25) is 9.78 Å². The van der Waals surface area contributed by atoms with Crippen LogP contribution in [0.2, 0.25) is 10.0 Å². The predicted octanol–water partition coefficient (Wildman–Crippen LogP) is 6.60. The number of carbonyl (C=O) groups is 1. The molecule has 0 aliphatic carbocycles. The van der Waals surface area contributed by atoms with Crippen LogP contribution in [0.1, 0.15) is 37.3 Å². The molecular weight excluding hydrogens is 457 g/mol. The fraction of sp³-hybridized carbons (Fsp3) is 0.182. The molecule has 8 heteroatoms. The first-order chi connectivity index (χ1) is 14.4. The maximum Gasteiger partial charge on any atom is 0.168 e. The van der Waals surface area contributed by atoms with Gasteiger partial charge in [0.15, 0.2) is 5.78 Å². The second-order valence-corrected chi connectivity index (χ2v) is 9.80. The molecule has 0 spiro atoms. The third-order valence-electron chi connectivity index (χ3n) is 4.52. The van der Waals surface area contributed by atoms with E-state index >= 15 is 0 Å². The van der Waals surface area contributed by atoms with E-state index in [1.165, 1.54) is 0 Å². The average Bonchev–Trinajstić information content (AvgIpc) is 3.30. The van der Waals surface area contributed by atoms with Crippen molar-refractivity contribution in [3.05, 3.63) is 84.5 Å². The Morgan fingerprint density at radius 2 is 1.90 bits per heavy atom. The van der Waals surface area contributed by atoms with E-state index in [1.807, 2.05) is 26.0 Å². The monoisotopic (exact) mass is 473 g/mol. The first-order valence-electron chi connectivity index (χ1n) is 9.20. The summed E-state index contributed by atoms with van der Waals surface area (Å²) >= 11 is 15.2. The summed E-state index contributed by atoms with van der Waals surface area (Å²) in [7, 11) is 0. The number of thiazole rings is 2. The van der Waals surface area contributed by atoms with Crippen LogP contribution in [0.25, 0.3) is 10.6 Å². The van der Waals surface area contributed by atoms with Gasteiger partial charge in [-0.2, -0.15) is 0 Å². The number of carbonyl (C=O) groups excluding carboxylic acids is 1. The van der Waals surface area contributed by atoms with Crippen molar-refractivity contribution >= 4 is 51.7 Å². The standard InChI is InChI=1S/C22H17Cl2N3OS2/c1-12-22(30-13(2)26-12)19-11-29-21(27-19)9-16-5-4-15(10-25-16)20(28)8-14-3-6-17(23)18(24)7-14/h3-7,10-11H,8-9H2,1-2H3. The molecule has 0 N–H and O–H groups in total. The van der Waals surface area contributed by atoms with Crippen LogP contribution in [0.3, 0.4) is 0 Å². The Hall–Kier alpha value is -2.12. The number of rotatable bonds is 6. The predicted molar refractivity (Wildman–Crippen MR) is 124 cm³/mol. The van der Waals surface area contributed by atoms with Crippen LogP contribution < -0.4 is 0 Å². The van der Waals surface area contributed by atoms with E-state index in [-0.39, 0.29) is 12.2 Å². The zero-order valence-corrected chi connectivity index (χ0v) is 19.4. The summed E-state index contributed by atoms with van der Waals surface area (Å²) < 4.78 is 0. The molecule has 30 heavy (non-hydrogen) atoms. The molecule has 152 valence electrons. The number of ketones is 1. The highest BCUT2D eigenvalue weighted by Crippen LogP contribution is 2.31. The van der Waals surface area contributed by atoms with Crippen molar-refractivity contribution in [2.45, 2.75) is 26.7 Å². The third kappa shape index (κ3) is 4.78. The van der Waals surface area contributed by atoms with E-state index < -0.39 is 0 Å². The normalized spacial score (nSPS) is 11.1. The maximum atomic E-state index is 12.5. The minimum absolute atomic E-state index is 0.0139. The summed E-state index contributed by atoms with van der Waals surface area (Å²) in [6.07, 6.45) is 2.50. The first-order valence-corrected chi connectivity index (χ1v) is 11.6. The van der Waals surface area contributed by atoms with Crippen molar-refractivity contribution in [1.82, 2.24) is 15.0 Å². The molecule has 4 rings (SSSR count). The van der Waals surface area contributed by atoms with Crippen LogP contribution >= 0.6 is 45.9 Å². The zero-order valence-electron chi connectivity index (χ0n) is 16.3. The lowest BCUT2D eigenvalue weighted by Crippen LogP contribution is -2.05. The minimum Gasteiger partial charge on any atom is -0.294 e. The van der Waals surface area contributed by atoms with Gasteiger partial charge in [-0.05, 0) is 43.7 Å². The van der Waals surface area contributed by atoms with Crippen LogP contribution in [-0.4, -0.2) is 20.7 Å². The van der Waals surface area contributed by atoms with Gasteiger partial charge in [0, 0.05) is 35.7 Å². The molecule has 3 heterocycles. The van der Waals surface area contributed by atoms with Crippen LogP contribution in [0.4, 0.5) is 0 Å². The zero-order chi connectivity index (χ0) is 21.3. The molecule has 0 amide bonds. The molecule has 4 nitrogen and oxygen atoms in total. The molecule has 0 fully saturated rings.